The molecule has 19 heavy (non-hydrogen) atoms. The Morgan fingerprint density at radius 1 is 1.21 bits per heavy atom. The SMILES string of the molecule is Cn1c(SCCCCCO)nnc1-c1ccccn1. The number of hydrogen-bond acceptors (Lipinski definition) is 5. The number of aromatic nitrogens is 4. The molecule has 0 spiro atoms. The Bertz CT molecular complexity index is 501. The predicted molar refractivity (Wildman–Crippen MR) is 75.9 cm³/mol. The van der Waals surface area contributed by atoms with Crippen LogP contribution in [0.4, 0.5) is 0 Å². The van der Waals surface area contributed by atoms with Gasteiger partial charge in [0.1, 0.15) is 5.69 Å². The van der Waals surface area contributed by atoms with Gasteiger partial charge in [-0.05, 0) is 25.0 Å². The Morgan fingerprint density at radius 2 is 2.11 bits per heavy atom. The molecule has 102 valence electrons. The van der Waals surface area contributed by atoms with Crippen molar-refractivity contribution in [3.05, 3.63) is 24.4 Å². The largest absolute Gasteiger partial charge is 0.396 e. The summed E-state index contributed by atoms with van der Waals surface area (Å²) in [6.07, 6.45) is 4.76. The molecule has 0 unspecified atom stereocenters. The summed E-state index contributed by atoms with van der Waals surface area (Å²) in [6, 6.07) is 5.76. The van der Waals surface area contributed by atoms with E-state index in [0.29, 0.717) is 0 Å². The van der Waals surface area contributed by atoms with Crippen LogP contribution in [0, 0.1) is 0 Å². The maximum Gasteiger partial charge on any atom is 0.191 e. The Balaban J connectivity index is 1.95. The van der Waals surface area contributed by atoms with Gasteiger partial charge in [0, 0.05) is 25.6 Å². The lowest BCUT2D eigenvalue weighted by Crippen LogP contribution is -1.96. The summed E-state index contributed by atoms with van der Waals surface area (Å²) in [4.78, 5) is 4.28. The molecular formula is C13H18N4OS. The summed E-state index contributed by atoms with van der Waals surface area (Å²) in [5.41, 5.74) is 0.838. The first-order valence-electron chi connectivity index (χ1n) is 6.37. The molecule has 2 heterocycles. The molecule has 6 heteroatoms. The lowest BCUT2D eigenvalue weighted by Gasteiger charge is -2.03. The first-order chi connectivity index (χ1) is 9.33. The molecule has 2 aromatic heterocycles. The van der Waals surface area contributed by atoms with Crippen molar-refractivity contribution in [1.82, 2.24) is 19.7 Å². The van der Waals surface area contributed by atoms with Crippen molar-refractivity contribution in [3.63, 3.8) is 0 Å². The van der Waals surface area contributed by atoms with E-state index in [1.807, 2.05) is 29.8 Å². The second-order valence-corrected chi connectivity index (χ2v) is 5.27. The quantitative estimate of drug-likeness (QED) is 0.621. The van der Waals surface area contributed by atoms with Gasteiger partial charge in [-0.1, -0.05) is 24.2 Å². The molecule has 0 aliphatic heterocycles. The number of unbranched alkanes of at least 4 members (excludes halogenated alkanes) is 2. The zero-order chi connectivity index (χ0) is 13.5. The Hall–Kier alpha value is -1.40. The topological polar surface area (TPSA) is 63.8 Å². The average molecular weight is 278 g/mol. The zero-order valence-corrected chi connectivity index (χ0v) is 11.8. The number of hydrogen-bond donors (Lipinski definition) is 1. The summed E-state index contributed by atoms with van der Waals surface area (Å²) >= 11 is 1.69. The van der Waals surface area contributed by atoms with Gasteiger partial charge in [0.2, 0.25) is 0 Å². The van der Waals surface area contributed by atoms with Crippen LogP contribution in [0.3, 0.4) is 0 Å². The van der Waals surface area contributed by atoms with Crippen LogP contribution in [0.25, 0.3) is 11.5 Å². The Labute approximate surface area is 117 Å². The molecule has 0 fully saturated rings. The third kappa shape index (κ3) is 3.78. The van der Waals surface area contributed by atoms with Gasteiger partial charge in [-0.15, -0.1) is 10.2 Å². The van der Waals surface area contributed by atoms with Crippen molar-refractivity contribution >= 4 is 11.8 Å². The second kappa shape index (κ2) is 7.25. The van der Waals surface area contributed by atoms with Gasteiger partial charge in [0.25, 0.3) is 0 Å². The fourth-order valence-electron chi connectivity index (χ4n) is 1.71. The van der Waals surface area contributed by atoms with Crippen molar-refractivity contribution in [2.24, 2.45) is 7.05 Å². The van der Waals surface area contributed by atoms with Gasteiger partial charge in [-0.3, -0.25) is 4.98 Å². The summed E-state index contributed by atoms with van der Waals surface area (Å²) < 4.78 is 1.97. The highest BCUT2D eigenvalue weighted by molar-refractivity contribution is 7.99. The number of nitrogens with zero attached hydrogens (tertiary/aromatic N) is 4. The molecule has 0 aromatic carbocycles. The zero-order valence-electron chi connectivity index (χ0n) is 11.0. The van der Waals surface area contributed by atoms with Crippen LogP contribution in [-0.4, -0.2) is 37.2 Å². The first kappa shape index (κ1) is 14.0. The van der Waals surface area contributed by atoms with Gasteiger partial charge < -0.3 is 9.67 Å². The Morgan fingerprint density at radius 3 is 2.84 bits per heavy atom. The van der Waals surface area contributed by atoms with Crippen LogP contribution in [0.5, 0.6) is 0 Å². The second-order valence-electron chi connectivity index (χ2n) is 4.21. The van der Waals surface area contributed by atoms with E-state index in [1.165, 1.54) is 0 Å². The molecule has 0 atom stereocenters. The van der Waals surface area contributed by atoms with E-state index in [1.54, 1.807) is 18.0 Å². The van der Waals surface area contributed by atoms with Crippen LogP contribution in [0.15, 0.2) is 29.6 Å². The third-order valence-electron chi connectivity index (χ3n) is 2.76. The standard InChI is InChI=1S/C13H18N4OS/c1-17-12(11-7-3-4-8-14-11)15-16-13(17)19-10-6-2-5-9-18/h3-4,7-8,18H,2,5-6,9-10H2,1H3. The van der Waals surface area contributed by atoms with Gasteiger partial charge in [-0.25, -0.2) is 0 Å². The number of thioether (sulfide) groups is 1. The highest BCUT2D eigenvalue weighted by Gasteiger charge is 2.11. The lowest BCUT2D eigenvalue weighted by atomic mass is 10.3. The number of aliphatic hydroxyl groups is 1. The molecule has 0 bridgehead atoms. The molecule has 0 aliphatic rings. The van der Waals surface area contributed by atoms with Crippen molar-refractivity contribution < 1.29 is 5.11 Å². The minimum atomic E-state index is 0.276. The number of rotatable bonds is 7. The van der Waals surface area contributed by atoms with Crippen molar-refractivity contribution in [3.8, 4) is 11.5 Å². The minimum Gasteiger partial charge on any atom is -0.396 e. The summed E-state index contributed by atoms with van der Waals surface area (Å²) in [5, 5.41) is 18.0. The molecule has 0 saturated carbocycles. The van der Waals surface area contributed by atoms with E-state index in [-0.39, 0.29) is 6.61 Å². The number of pyridine rings is 1. The summed E-state index contributed by atoms with van der Waals surface area (Å²) in [6.45, 7) is 0.276. The van der Waals surface area contributed by atoms with Crippen LogP contribution >= 0.6 is 11.8 Å². The molecule has 5 nitrogen and oxygen atoms in total. The third-order valence-corrected chi connectivity index (χ3v) is 3.87. The maximum atomic E-state index is 8.72. The molecule has 0 amide bonds. The highest BCUT2D eigenvalue weighted by Crippen LogP contribution is 2.21. The molecule has 1 N–H and O–H groups in total. The van der Waals surface area contributed by atoms with Gasteiger partial charge in [-0.2, -0.15) is 0 Å². The van der Waals surface area contributed by atoms with Crippen LogP contribution in [-0.2, 0) is 7.05 Å². The monoisotopic (exact) mass is 278 g/mol. The van der Waals surface area contributed by atoms with Crippen molar-refractivity contribution in [1.29, 1.82) is 0 Å². The molecule has 2 aromatic rings. The molecule has 0 aliphatic carbocycles. The summed E-state index contributed by atoms with van der Waals surface area (Å²) in [5.74, 6) is 1.78. The van der Waals surface area contributed by atoms with Gasteiger partial charge in [0.05, 0.1) is 0 Å². The molecule has 0 radical (unpaired) electrons. The van der Waals surface area contributed by atoms with E-state index in [0.717, 1.165) is 41.7 Å². The normalized spacial score (nSPS) is 10.8. The highest BCUT2D eigenvalue weighted by atomic mass is 32.2. The Kier molecular flexibility index (Phi) is 5.35. The van der Waals surface area contributed by atoms with Crippen LogP contribution in [0.1, 0.15) is 19.3 Å². The van der Waals surface area contributed by atoms with Crippen LogP contribution in [0.2, 0.25) is 0 Å². The van der Waals surface area contributed by atoms with E-state index >= 15 is 0 Å². The van der Waals surface area contributed by atoms with E-state index in [9.17, 15) is 0 Å². The fourth-order valence-corrected chi connectivity index (χ4v) is 2.62. The fraction of sp³-hybridized carbons (Fsp3) is 0.462. The molecule has 2 rings (SSSR count). The van der Waals surface area contributed by atoms with E-state index in [2.05, 4.69) is 15.2 Å². The van der Waals surface area contributed by atoms with Gasteiger partial charge in [0.15, 0.2) is 11.0 Å². The van der Waals surface area contributed by atoms with Crippen LogP contribution < -0.4 is 0 Å². The van der Waals surface area contributed by atoms with Crippen molar-refractivity contribution in [2.75, 3.05) is 12.4 Å². The minimum absolute atomic E-state index is 0.276. The maximum absolute atomic E-state index is 8.72. The lowest BCUT2D eigenvalue weighted by molar-refractivity contribution is 0.284. The van der Waals surface area contributed by atoms with E-state index in [4.69, 9.17) is 5.11 Å². The van der Waals surface area contributed by atoms with E-state index < -0.39 is 0 Å². The van der Waals surface area contributed by atoms with Gasteiger partial charge >= 0.3 is 0 Å². The smallest absolute Gasteiger partial charge is 0.191 e. The average Bonchev–Trinajstić information content (AvgIpc) is 2.81. The predicted octanol–water partition coefficient (Wildman–Crippen LogP) is 2.13. The van der Waals surface area contributed by atoms with Crippen molar-refractivity contribution in [2.45, 2.75) is 24.4 Å². The first-order valence-corrected chi connectivity index (χ1v) is 7.36. The summed E-state index contributed by atoms with van der Waals surface area (Å²) in [7, 11) is 1.96. The molecule has 0 saturated heterocycles. The number of aliphatic hydroxyl groups excluding tert-OH is 1. The molecular weight excluding hydrogens is 260 g/mol.